The number of alkyl halides is 3. The minimum Gasteiger partial charge on any atom is -0.467 e. The van der Waals surface area contributed by atoms with Gasteiger partial charge in [0.1, 0.15) is 23.7 Å². The molecular weight excluding hydrogens is 479 g/mol. The lowest BCUT2D eigenvalue weighted by molar-refractivity contribution is -0.174. The van der Waals surface area contributed by atoms with Crippen molar-refractivity contribution in [3.8, 4) is 0 Å². The van der Waals surface area contributed by atoms with Crippen molar-refractivity contribution in [1.29, 1.82) is 0 Å². The van der Waals surface area contributed by atoms with Gasteiger partial charge in [-0.2, -0.15) is 23.4 Å². The second-order valence-corrected chi connectivity index (χ2v) is 9.10. The molecule has 0 aliphatic carbocycles. The zero-order valence-corrected chi connectivity index (χ0v) is 19.8. The number of likely N-dealkylation sites (tertiary alicyclic amines) is 1. The van der Waals surface area contributed by atoms with Gasteiger partial charge in [0.2, 0.25) is 5.91 Å². The van der Waals surface area contributed by atoms with E-state index in [-0.39, 0.29) is 30.3 Å². The van der Waals surface area contributed by atoms with Crippen LogP contribution in [0.3, 0.4) is 0 Å². The van der Waals surface area contributed by atoms with Crippen molar-refractivity contribution in [1.82, 2.24) is 24.5 Å². The van der Waals surface area contributed by atoms with E-state index < -0.39 is 24.2 Å². The molecule has 13 heteroatoms. The number of amides is 2. The third-order valence-corrected chi connectivity index (χ3v) is 6.73. The van der Waals surface area contributed by atoms with Crippen molar-refractivity contribution in [2.45, 2.75) is 57.9 Å². The van der Waals surface area contributed by atoms with Gasteiger partial charge < -0.3 is 20.0 Å². The first-order valence-electron chi connectivity index (χ1n) is 11.7. The van der Waals surface area contributed by atoms with Crippen LogP contribution in [0.15, 0.2) is 29.0 Å². The van der Waals surface area contributed by atoms with Gasteiger partial charge in [0.25, 0.3) is 5.91 Å². The Morgan fingerprint density at radius 1 is 1.25 bits per heavy atom. The molecule has 3 aromatic rings. The van der Waals surface area contributed by atoms with Crippen LogP contribution in [-0.4, -0.2) is 55.5 Å². The lowest BCUT2D eigenvalue weighted by Crippen LogP contribution is -2.36. The summed E-state index contributed by atoms with van der Waals surface area (Å²) in [6, 6.07) is 0.469. The molecule has 2 aliphatic rings. The Labute approximate surface area is 204 Å². The number of carbonyl (C=O) groups excluding carboxylic acids is 2. The van der Waals surface area contributed by atoms with E-state index >= 15 is 0 Å². The highest BCUT2D eigenvalue weighted by molar-refractivity contribution is 6.08. The summed E-state index contributed by atoms with van der Waals surface area (Å²) in [5.74, 6) is -0.400. The Hall–Kier alpha value is -3.77. The Bertz CT molecular complexity index is 1270. The van der Waals surface area contributed by atoms with Gasteiger partial charge in [0, 0.05) is 19.5 Å². The Balaban J connectivity index is 1.40. The second-order valence-electron chi connectivity index (χ2n) is 9.10. The standard InChI is InChI=1S/C23H26F3N7O3/c1-13-20(14(2)32(30-13)12-19(34)31-7-3-4-8-31)29-22(35)15-11-27-33-18(23(24,25)26)10-16(28-21(15)33)17-6-5-9-36-17/h5-6,9,11,16,18,28H,3-4,7-8,10,12H2,1-2H3,(H,29,35)/t16-,18-/m1/s1. The molecule has 0 radical (unpaired) electrons. The first-order chi connectivity index (χ1) is 17.1. The van der Waals surface area contributed by atoms with Gasteiger partial charge in [-0.15, -0.1) is 0 Å². The smallest absolute Gasteiger partial charge is 0.410 e. The topological polar surface area (TPSA) is 110 Å². The summed E-state index contributed by atoms with van der Waals surface area (Å²) in [6.45, 7) is 4.91. The summed E-state index contributed by atoms with van der Waals surface area (Å²) >= 11 is 0. The zero-order chi connectivity index (χ0) is 25.6. The van der Waals surface area contributed by atoms with Crippen LogP contribution in [0.4, 0.5) is 24.7 Å². The Kier molecular flexibility index (Phi) is 6.00. The molecule has 0 spiro atoms. The van der Waals surface area contributed by atoms with Crippen LogP contribution in [0.2, 0.25) is 0 Å². The maximum atomic E-state index is 13.9. The van der Waals surface area contributed by atoms with Crippen LogP contribution in [-0.2, 0) is 11.3 Å². The molecule has 2 aliphatic heterocycles. The molecule has 3 aromatic heterocycles. The average Bonchev–Trinajstić information content (AvgIpc) is 3.63. The number of rotatable bonds is 5. The molecule has 5 heterocycles. The fourth-order valence-electron chi connectivity index (χ4n) is 4.81. The van der Waals surface area contributed by atoms with Gasteiger partial charge in [-0.1, -0.05) is 0 Å². The summed E-state index contributed by atoms with van der Waals surface area (Å²) in [5.41, 5.74) is 1.43. The number of aromatic nitrogens is 4. The number of hydrogen-bond acceptors (Lipinski definition) is 6. The van der Waals surface area contributed by atoms with Gasteiger partial charge >= 0.3 is 6.18 Å². The van der Waals surface area contributed by atoms with E-state index in [1.807, 2.05) is 0 Å². The molecular formula is C23H26F3N7O3. The van der Waals surface area contributed by atoms with E-state index in [0.29, 0.717) is 22.8 Å². The van der Waals surface area contributed by atoms with E-state index in [4.69, 9.17) is 4.42 Å². The number of nitrogens with zero attached hydrogens (tertiary/aromatic N) is 5. The predicted molar refractivity (Wildman–Crippen MR) is 122 cm³/mol. The van der Waals surface area contributed by atoms with E-state index in [9.17, 15) is 22.8 Å². The van der Waals surface area contributed by atoms with E-state index in [1.54, 1.807) is 30.9 Å². The van der Waals surface area contributed by atoms with Crippen molar-refractivity contribution in [2.75, 3.05) is 23.7 Å². The van der Waals surface area contributed by atoms with Gasteiger partial charge in [-0.3, -0.25) is 14.3 Å². The minimum atomic E-state index is -4.57. The summed E-state index contributed by atoms with van der Waals surface area (Å²) < 4.78 is 49.2. The minimum absolute atomic E-state index is 0.0415. The first kappa shape index (κ1) is 23.9. The number of carbonyl (C=O) groups is 2. The number of anilines is 2. The second kappa shape index (κ2) is 9.03. The van der Waals surface area contributed by atoms with E-state index in [0.717, 1.165) is 36.8 Å². The average molecular weight is 506 g/mol. The van der Waals surface area contributed by atoms with Gasteiger partial charge in [-0.05, 0) is 38.8 Å². The maximum absolute atomic E-state index is 13.9. The molecule has 2 amide bonds. The molecule has 2 atom stereocenters. The molecule has 0 aromatic carbocycles. The number of furan rings is 1. The van der Waals surface area contributed by atoms with Crippen molar-refractivity contribution >= 4 is 23.3 Å². The van der Waals surface area contributed by atoms with Crippen LogP contribution >= 0.6 is 0 Å². The van der Waals surface area contributed by atoms with E-state index in [1.165, 1.54) is 10.9 Å². The summed E-state index contributed by atoms with van der Waals surface area (Å²) in [6.07, 6.45) is -0.446. The quantitative estimate of drug-likeness (QED) is 0.546. The lowest BCUT2D eigenvalue weighted by Gasteiger charge is -2.32. The molecule has 36 heavy (non-hydrogen) atoms. The van der Waals surface area contributed by atoms with Crippen molar-refractivity contribution < 1.29 is 27.2 Å². The highest BCUT2D eigenvalue weighted by Crippen LogP contribution is 2.44. The molecule has 0 unspecified atom stereocenters. The third kappa shape index (κ3) is 4.33. The summed E-state index contributed by atoms with van der Waals surface area (Å²) in [4.78, 5) is 27.6. The highest BCUT2D eigenvalue weighted by atomic mass is 19.4. The molecule has 1 fully saturated rings. The normalized spacial score (nSPS) is 19.8. The van der Waals surface area contributed by atoms with Crippen molar-refractivity contribution in [2.24, 2.45) is 0 Å². The number of hydrogen-bond donors (Lipinski definition) is 2. The molecule has 2 N–H and O–H groups in total. The van der Waals surface area contributed by atoms with Crippen LogP contribution in [0.5, 0.6) is 0 Å². The number of nitrogens with one attached hydrogen (secondary N) is 2. The van der Waals surface area contributed by atoms with Crippen LogP contribution < -0.4 is 10.6 Å². The van der Waals surface area contributed by atoms with Crippen LogP contribution in [0, 0.1) is 13.8 Å². The van der Waals surface area contributed by atoms with Gasteiger partial charge in [-0.25, -0.2) is 4.68 Å². The molecule has 0 bridgehead atoms. The molecule has 192 valence electrons. The Morgan fingerprint density at radius 2 is 2.00 bits per heavy atom. The van der Waals surface area contributed by atoms with Crippen molar-refractivity contribution in [3.05, 3.63) is 47.3 Å². The Morgan fingerprint density at radius 3 is 2.67 bits per heavy atom. The number of fused-ring (bicyclic) bond motifs is 1. The largest absolute Gasteiger partial charge is 0.467 e. The molecule has 0 saturated carbocycles. The fraction of sp³-hybridized carbons (Fsp3) is 0.478. The predicted octanol–water partition coefficient (Wildman–Crippen LogP) is 3.82. The van der Waals surface area contributed by atoms with Crippen LogP contribution in [0.1, 0.15) is 58.9 Å². The highest BCUT2D eigenvalue weighted by Gasteiger charge is 2.47. The molecule has 10 nitrogen and oxygen atoms in total. The fourth-order valence-corrected chi connectivity index (χ4v) is 4.81. The molecule has 5 rings (SSSR count). The van der Waals surface area contributed by atoms with Gasteiger partial charge in [0.15, 0.2) is 6.04 Å². The zero-order valence-electron chi connectivity index (χ0n) is 19.8. The first-order valence-corrected chi connectivity index (χ1v) is 11.7. The number of halogens is 3. The van der Waals surface area contributed by atoms with Gasteiger partial charge in [0.05, 0.1) is 35.6 Å². The monoisotopic (exact) mass is 505 g/mol. The summed E-state index contributed by atoms with van der Waals surface area (Å²) in [5, 5.41) is 14.0. The maximum Gasteiger partial charge on any atom is 0.410 e. The van der Waals surface area contributed by atoms with Crippen LogP contribution in [0.25, 0.3) is 0 Å². The number of aryl methyl sites for hydroxylation is 1. The molecule has 1 saturated heterocycles. The third-order valence-electron chi connectivity index (χ3n) is 6.73. The summed E-state index contributed by atoms with van der Waals surface area (Å²) in [7, 11) is 0. The van der Waals surface area contributed by atoms with E-state index in [2.05, 4.69) is 20.8 Å². The lowest BCUT2D eigenvalue weighted by atomic mass is 10.0. The SMILES string of the molecule is Cc1nn(CC(=O)N2CCCC2)c(C)c1NC(=O)c1cnn2c1N[C@@H](c1ccco1)C[C@@H]2C(F)(F)F. The van der Waals surface area contributed by atoms with Crippen molar-refractivity contribution in [3.63, 3.8) is 0 Å².